The summed E-state index contributed by atoms with van der Waals surface area (Å²) in [5, 5.41) is 3.88. The average molecular weight is 396 g/mol. The lowest BCUT2D eigenvalue weighted by atomic mass is 10.4. The van der Waals surface area contributed by atoms with E-state index in [1.165, 1.54) is 15.6 Å². The van der Waals surface area contributed by atoms with Crippen LogP contribution in [0.2, 0.25) is 0 Å². The van der Waals surface area contributed by atoms with Crippen molar-refractivity contribution in [2.45, 2.75) is 37.5 Å². The molecule has 0 spiro atoms. The van der Waals surface area contributed by atoms with E-state index in [1.807, 2.05) is 0 Å². The Morgan fingerprint density at radius 1 is 1.15 bits per heavy atom. The molecule has 140 valence electrons. The van der Waals surface area contributed by atoms with Crippen LogP contribution >= 0.6 is 11.3 Å². The molecule has 0 aromatic carbocycles. The number of hydrogen-bond acceptors (Lipinski definition) is 7. The molecule has 26 heavy (non-hydrogen) atoms. The summed E-state index contributed by atoms with van der Waals surface area (Å²) in [4.78, 5) is 19.8. The van der Waals surface area contributed by atoms with Crippen LogP contribution in [0.5, 0.6) is 0 Å². The van der Waals surface area contributed by atoms with Crippen molar-refractivity contribution in [3.8, 4) is 10.7 Å². The Hall–Kier alpha value is -1.78. The van der Waals surface area contributed by atoms with Crippen molar-refractivity contribution in [1.29, 1.82) is 0 Å². The number of hydrogen-bond donors (Lipinski definition) is 0. The Morgan fingerprint density at radius 2 is 1.81 bits per heavy atom. The fraction of sp³-hybridized carbons (Fsp3) is 0.562. The summed E-state index contributed by atoms with van der Waals surface area (Å²) in [5.74, 6) is -0.0557. The van der Waals surface area contributed by atoms with Crippen molar-refractivity contribution in [1.82, 2.24) is 19.3 Å². The Labute approximate surface area is 155 Å². The van der Waals surface area contributed by atoms with Gasteiger partial charge in [0, 0.05) is 31.1 Å². The average Bonchev–Trinajstić information content (AvgIpc) is 3.40. The molecule has 1 amide bonds. The second kappa shape index (κ2) is 6.75. The Morgan fingerprint density at radius 3 is 2.50 bits per heavy atom. The molecule has 8 nitrogen and oxygen atoms in total. The number of rotatable bonds is 4. The minimum absolute atomic E-state index is 0.0445. The van der Waals surface area contributed by atoms with Crippen molar-refractivity contribution in [3.05, 3.63) is 16.8 Å². The molecular formula is C16H20N4O4S2. The first-order chi connectivity index (χ1) is 12.5. The van der Waals surface area contributed by atoms with Crippen LogP contribution in [0.1, 0.15) is 41.2 Å². The van der Waals surface area contributed by atoms with E-state index < -0.39 is 10.0 Å². The second-order valence-electron chi connectivity index (χ2n) is 6.56. The molecule has 0 aliphatic carbocycles. The van der Waals surface area contributed by atoms with Crippen LogP contribution in [-0.2, 0) is 10.0 Å². The third kappa shape index (κ3) is 3.06. The van der Waals surface area contributed by atoms with E-state index in [4.69, 9.17) is 4.52 Å². The van der Waals surface area contributed by atoms with Gasteiger partial charge in [0.2, 0.25) is 15.8 Å². The standard InChI is InChI=1S/C16H20N4O4S2/c1-11-13(26(22,23)20-8-4-5-9-20)10-12(25-11)14-17-15(24-18-14)16(21)19-6-2-3-7-19/h10H,2-9H2,1H3. The first-order valence-corrected chi connectivity index (χ1v) is 11.0. The van der Waals surface area contributed by atoms with Gasteiger partial charge in [-0.05, 0) is 38.7 Å². The third-order valence-electron chi connectivity index (χ3n) is 4.78. The zero-order valence-electron chi connectivity index (χ0n) is 14.5. The molecule has 2 aliphatic heterocycles. The molecule has 2 aromatic rings. The molecule has 0 radical (unpaired) electrons. The van der Waals surface area contributed by atoms with Crippen molar-refractivity contribution < 1.29 is 17.7 Å². The molecule has 0 unspecified atom stereocenters. The minimum atomic E-state index is -3.50. The molecule has 4 rings (SSSR count). The van der Waals surface area contributed by atoms with Crippen molar-refractivity contribution in [2.75, 3.05) is 26.2 Å². The predicted octanol–water partition coefficient (Wildman–Crippen LogP) is 2.13. The van der Waals surface area contributed by atoms with E-state index >= 15 is 0 Å². The topological polar surface area (TPSA) is 96.6 Å². The van der Waals surface area contributed by atoms with Crippen molar-refractivity contribution >= 4 is 27.3 Å². The van der Waals surface area contributed by atoms with Gasteiger partial charge in [0.1, 0.15) is 0 Å². The van der Waals surface area contributed by atoms with E-state index in [2.05, 4.69) is 10.1 Å². The van der Waals surface area contributed by atoms with Gasteiger partial charge in [-0.1, -0.05) is 5.16 Å². The number of aromatic nitrogens is 2. The molecule has 0 saturated carbocycles. The van der Waals surface area contributed by atoms with E-state index in [-0.39, 0.29) is 22.5 Å². The number of aryl methyl sites for hydroxylation is 1. The maximum atomic E-state index is 12.8. The summed E-state index contributed by atoms with van der Waals surface area (Å²) < 4.78 is 32.2. The highest BCUT2D eigenvalue weighted by Gasteiger charge is 2.31. The lowest BCUT2D eigenvalue weighted by molar-refractivity contribution is 0.0743. The fourth-order valence-corrected chi connectivity index (χ4v) is 6.37. The normalized spacial score (nSPS) is 18.7. The monoisotopic (exact) mass is 396 g/mol. The van der Waals surface area contributed by atoms with Gasteiger partial charge < -0.3 is 9.42 Å². The van der Waals surface area contributed by atoms with Gasteiger partial charge in [0.15, 0.2) is 0 Å². The molecule has 0 N–H and O–H groups in total. The van der Waals surface area contributed by atoms with E-state index in [9.17, 15) is 13.2 Å². The van der Waals surface area contributed by atoms with Crippen molar-refractivity contribution in [3.63, 3.8) is 0 Å². The SMILES string of the molecule is Cc1sc(-c2noc(C(=O)N3CCCC3)n2)cc1S(=O)(=O)N1CCCC1. The summed E-state index contributed by atoms with van der Waals surface area (Å²) in [6, 6.07) is 1.59. The number of nitrogens with zero attached hydrogens (tertiary/aromatic N) is 4. The molecule has 2 aliphatic rings. The zero-order valence-corrected chi connectivity index (χ0v) is 16.1. The lowest BCUT2D eigenvalue weighted by Gasteiger charge is -2.14. The van der Waals surface area contributed by atoms with Crippen LogP contribution < -0.4 is 0 Å². The van der Waals surface area contributed by atoms with E-state index in [0.717, 1.165) is 25.7 Å². The molecule has 4 heterocycles. The van der Waals surface area contributed by atoms with Gasteiger partial charge in [-0.2, -0.15) is 9.29 Å². The molecule has 0 bridgehead atoms. The molecule has 2 aromatic heterocycles. The summed E-state index contributed by atoms with van der Waals surface area (Å²) in [7, 11) is -3.50. The number of carbonyl (C=O) groups excluding carboxylic acids is 1. The summed E-state index contributed by atoms with van der Waals surface area (Å²) in [6.45, 7) is 4.29. The van der Waals surface area contributed by atoms with Crippen LogP contribution in [0.3, 0.4) is 0 Å². The molecule has 10 heteroatoms. The highest BCUT2D eigenvalue weighted by atomic mass is 32.2. The largest absolute Gasteiger partial charge is 0.334 e. The quantitative estimate of drug-likeness (QED) is 0.785. The van der Waals surface area contributed by atoms with Gasteiger partial charge in [-0.15, -0.1) is 11.3 Å². The summed E-state index contributed by atoms with van der Waals surface area (Å²) in [5.41, 5.74) is 0. The van der Waals surface area contributed by atoms with Gasteiger partial charge in [-0.3, -0.25) is 4.79 Å². The maximum absolute atomic E-state index is 12.8. The second-order valence-corrected chi connectivity index (χ2v) is 9.73. The minimum Gasteiger partial charge on any atom is -0.334 e. The van der Waals surface area contributed by atoms with Crippen LogP contribution in [-0.4, -0.2) is 59.8 Å². The lowest BCUT2D eigenvalue weighted by Crippen LogP contribution is -2.27. The summed E-state index contributed by atoms with van der Waals surface area (Å²) in [6.07, 6.45) is 3.74. The zero-order chi connectivity index (χ0) is 18.3. The Balaban J connectivity index is 1.60. The van der Waals surface area contributed by atoms with E-state index in [1.54, 1.807) is 17.9 Å². The first kappa shape index (κ1) is 17.6. The number of carbonyl (C=O) groups is 1. The Bertz CT molecular complexity index is 922. The fourth-order valence-electron chi connectivity index (χ4n) is 3.37. The van der Waals surface area contributed by atoms with Gasteiger partial charge >= 0.3 is 11.8 Å². The van der Waals surface area contributed by atoms with Crippen molar-refractivity contribution in [2.24, 2.45) is 0 Å². The molecule has 0 atom stereocenters. The number of amides is 1. The van der Waals surface area contributed by atoms with Gasteiger partial charge in [0.25, 0.3) is 0 Å². The summed E-state index contributed by atoms with van der Waals surface area (Å²) >= 11 is 1.29. The first-order valence-electron chi connectivity index (χ1n) is 8.71. The molecular weight excluding hydrogens is 376 g/mol. The number of sulfonamides is 1. The smallest absolute Gasteiger partial charge is 0.316 e. The predicted molar refractivity (Wildman–Crippen MR) is 95.5 cm³/mol. The van der Waals surface area contributed by atoms with Crippen LogP contribution in [0.4, 0.5) is 0 Å². The molecule has 2 saturated heterocycles. The highest BCUT2D eigenvalue weighted by Crippen LogP contribution is 2.34. The van der Waals surface area contributed by atoms with Crippen LogP contribution in [0.25, 0.3) is 10.7 Å². The molecule has 2 fully saturated rings. The number of likely N-dealkylation sites (tertiary alicyclic amines) is 1. The highest BCUT2D eigenvalue weighted by molar-refractivity contribution is 7.89. The maximum Gasteiger partial charge on any atom is 0.316 e. The third-order valence-corrected chi connectivity index (χ3v) is 7.98. The number of thiophene rings is 1. The van der Waals surface area contributed by atoms with Gasteiger partial charge in [0.05, 0.1) is 9.77 Å². The van der Waals surface area contributed by atoms with Crippen LogP contribution in [0.15, 0.2) is 15.5 Å². The van der Waals surface area contributed by atoms with Crippen LogP contribution in [0, 0.1) is 6.92 Å². The Kier molecular flexibility index (Phi) is 4.57. The van der Waals surface area contributed by atoms with E-state index in [0.29, 0.717) is 35.9 Å². The van der Waals surface area contributed by atoms with Gasteiger partial charge in [-0.25, -0.2) is 8.42 Å².